The normalized spacial score (nSPS) is 16.6. The van der Waals surface area contributed by atoms with Crippen LogP contribution in [0.15, 0.2) is 36.9 Å². The van der Waals surface area contributed by atoms with Crippen LogP contribution in [0.2, 0.25) is 0 Å². The molecule has 0 spiro atoms. The monoisotopic (exact) mass is 254 g/mol. The number of hydrogen-bond acceptors (Lipinski definition) is 4. The molecule has 1 aliphatic rings. The Morgan fingerprint density at radius 1 is 1.11 bits per heavy atom. The predicted octanol–water partition coefficient (Wildman–Crippen LogP) is 2.56. The van der Waals surface area contributed by atoms with E-state index < -0.39 is 0 Å². The van der Waals surface area contributed by atoms with Gasteiger partial charge in [0.25, 0.3) is 0 Å². The van der Waals surface area contributed by atoms with Gasteiger partial charge < -0.3 is 4.90 Å². The third-order valence-electron chi connectivity index (χ3n) is 3.76. The van der Waals surface area contributed by atoms with Gasteiger partial charge in [-0.2, -0.15) is 0 Å². The van der Waals surface area contributed by atoms with Crippen LogP contribution in [0.5, 0.6) is 0 Å². The third-order valence-corrected chi connectivity index (χ3v) is 3.76. The molecule has 4 heteroatoms. The lowest BCUT2D eigenvalue weighted by atomic mass is 9.90. The topological polar surface area (TPSA) is 41.9 Å². The molecule has 0 unspecified atom stereocenters. The fraction of sp³-hybridized carbons (Fsp3) is 0.400. The number of aryl methyl sites for hydroxylation is 1. The van der Waals surface area contributed by atoms with Crippen LogP contribution in [0.1, 0.15) is 30.0 Å². The fourth-order valence-electron chi connectivity index (χ4n) is 2.72. The van der Waals surface area contributed by atoms with Crippen LogP contribution >= 0.6 is 0 Å². The number of hydrogen-bond donors (Lipinski definition) is 0. The van der Waals surface area contributed by atoms with Crippen molar-refractivity contribution >= 4 is 5.82 Å². The van der Waals surface area contributed by atoms with E-state index in [2.05, 4.69) is 38.9 Å². The number of piperidine rings is 1. The molecule has 0 saturated carbocycles. The average molecular weight is 254 g/mol. The molecular weight excluding hydrogens is 236 g/mol. The Hall–Kier alpha value is -1.97. The molecule has 4 nitrogen and oxygen atoms in total. The van der Waals surface area contributed by atoms with E-state index in [1.807, 2.05) is 12.4 Å². The number of aromatic nitrogens is 3. The first-order chi connectivity index (χ1) is 9.33. The summed E-state index contributed by atoms with van der Waals surface area (Å²) in [6, 6.07) is 4.36. The van der Waals surface area contributed by atoms with Crippen molar-refractivity contribution in [2.45, 2.75) is 25.7 Å². The summed E-state index contributed by atoms with van der Waals surface area (Å²) < 4.78 is 0. The Kier molecular flexibility index (Phi) is 3.40. The minimum atomic E-state index is 0.648. The molecule has 0 aliphatic carbocycles. The van der Waals surface area contributed by atoms with E-state index in [-0.39, 0.29) is 0 Å². The van der Waals surface area contributed by atoms with Crippen LogP contribution in [0.25, 0.3) is 0 Å². The second-order valence-electron chi connectivity index (χ2n) is 5.06. The van der Waals surface area contributed by atoms with Crippen LogP contribution in [-0.4, -0.2) is 28.0 Å². The van der Waals surface area contributed by atoms with Gasteiger partial charge in [0.2, 0.25) is 0 Å². The first-order valence-electron chi connectivity index (χ1n) is 6.76. The van der Waals surface area contributed by atoms with Gasteiger partial charge in [-0.15, -0.1) is 0 Å². The lowest BCUT2D eigenvalue weighted by Gasteiger charge is -2.32. The smallest absolute Gasteiger partial charge is 0.147 e. The molecule has 2 aromatic heterocycles. The third kappa shape index (κ3) is 2.72. The van der Waals surface area contributed by atoms with Gasteiger partial charge in [-0.25, -0.2) is 4.98 Å². The second-order valence-corrected chi connectivity index (χ2v) is 5.06. The highest BCUT2D eigenvalue weighted by Crippen LogP contribution is 2.29. The molecule has 0 bridgehead atoms. The van der Waals surface area contributed by atoms with Gasteiger partial charge in [0.1, 0.15) is 5.82 Å². The van der Waals surface area contributed by atoms with Crippen molar-refractivity contribution in [1.82, 2.24) is 15.0 Å². The van der Waals surface area contributed by atoms with Crippen LogP contribution < -0.4 is 4.90 Å². The largest absolute Gasteiger partial charge is 0.355 e. The Morgan fingerprint density at radius 3 is 2.63 bits per heavy atom. The molecule has 0 atom stereocenters. The summed E-state index contributed by atoms with van der Waals surface area (Å²) in [5.74, 6) is 1.64. The van der Waals surface area contributed by atoms with E-state index in [1.54, 1.807) is 12.4 Å². The number of nitrogens with zero attached hydrogens (tertiary/aromatic N) is 4. The van der Waals surface area contributed by atoms with Crippen molar-refractivity contribution in [1.29, 1.82) is 0 Å². The van der Waals surface area contributed by atoms with Crippen LogP contribution in [-0.2, 0) is 0 Å². The van der Waals surface area contributed by atoms with Crippen molar-refractivity contribution in [3.63, 3.8) is 0 Å². The summed E-state index contributed by atoms with van der Waals surface area (Å²) in [6.07, 6.45) is 9.57. The SMILES string of the molecule is Cc1cc(C2CCN(c3cnccn3)CC2)ccn1. The number of pyridine rings is 1. The zero-order valence-corrected chi connectivity index (χ0v) is 11.2. The summed E-state index contributed by atoms with van der Waals surface area (Å²) in [5, 5.41) is 0. The van der Waals surface area contributed by atoms with Crippen molar-refractivity contribution in [2.24, 2.45) is 0 Å². The van der Waals surface area contributed by atoms with Gasteiger partial charge in [0.15, 0.2) is 0 Å². The molecule has 98 valence electrons. The van der Waals surface area contributed by atoms with Crippen molar-refractivity contribution < 1.29 is 0 Å². The summed E-state index contributed by atoms with van der Waals surface area (Å²) in [5.41, 5.74) is 2.53. The van der Waals surface area contributed by atoms with Gasteiger partial charge in [-0.1, -0.05) is 0 Å². The quantitative estimate of drug-likeness (QED) is 0.826. The van der Waals surface area contributed by atoms with E-state index in [9.17, 15) is 0 Å². The fourth-order valence-corrected chi connectivity index (χ4v) is 2.72. The van der Waals surface area contributed by atoms with Gasteiger partial charge in [-0.3, -0.25) is 9.97 Å². The van der Waals surface area contributed by atoms with E-state index in [1.165, 1.54) is 18.4 Å². The Morgan fingerprint density at radius 2 is 1.95 bits per heavy atom. The molecule has 19 heavy (non-hydrogen) atoms. The van der Waals surface area contributed by atoms with E-state index in [0.717, 1.165) is 24.6 Å². The predicted molar refractivity (Wildman–Crippen MR) is 75.2 cm³/mol. The highest BCUT2D eigenvalue weighted by Gasteiger charge is 2.21. The zero-order chi connectivity index (χ0) is 13.1. The molecule has 3 heterocycles. The Balaban J connectivity index is 1.67. The first kappa shape index (κ1) is 12.1. The minimum absolute atomic E-state index is 0.648. The number of rotatable bonds is 2. The summed E-state index contributed by atoms with van der Waals surface area (Å²) >= 11 is 0. The number of anilines is 1. The summed E-state index contributed by atoms with van der Waals surface area (Å²) in [4.78, 5) is 15.1. The first-order valence-corrected chi connectivity index (χ1v) is 6.76. The van der Waals surface area contributed by atoms with Crippen molar-refractivity contribution in [3.05, 3.63) is 48.2 Å². The maximum absolute atomic E-state index is 4.37. The van der Waals surface area contributed by atoms with E-state index >= 15 is 0 Å². The summed E-state index contributed by atoms with van der Waals surface area (Å²) in [7, 11) is 0. The van der Waals surface area contributed by atoms with Crippen LogP contribution in [0, 0.1) is 6.92 Å². The molecule has 0 N–H and O–H groups in total. The molecule has 2 aromatic rings. The lowest BCUT2D eigenvalue weighted by Crippen LogP contribution is -2.33. The van der Waals surface area contributed by atoms with E-state index in [4.69, 9.17) is 0 Å². The van der Waals surface area contributed by atoms with Gasteiger partial charge >= 0.3 is 0 Å². The van der Waals surface area contributed by atoms with Crippen molar-refractivity contribution in [2.75, 3.05) is 18.0 Å². The molecule has 0 amide bonds. The standard InChI is InChI=1S/C15H18N4/c1-12-10-14(2-5-17-12)13-3-8-19(9-4-13)15-11-16-6-7-18-15/h2,5-7,10-11,13H,3-4,8-9H2,1H3. The van der Waals surface area contributed by atoms with Crippen molar-refractivity contribution in [3.8, 4) is 0 Å². The highest BCUT2D eigenvalue weighted by molar-refractivity contribution is 5.36. The Labute approximate surface area is 113 Å². The Bertz CT molecular complexity index is 533. The average Bonchev–Trinajstić information content (AvgIpc) is 2.48. The van der Waals surface area contributed by atoms with Gasteiger partial charge in [-0.05, 0) is 43.4 Å². The van der Waals surface area contributed by atoms with Gasteiger partial charge in [0, 0.05) is 37.4 Å². The maximum Gasteiger partial charge on any atom is 0.147 e. The van der Waals surface area contributed by atoms with Gasteiger partial charge in [0.05, 0.1) is 6.20 Å². The molecule has 1 fully saturated rings. The molecule has 3 rings (SSSR count). The zero-order valence-electron chi connectivity index (χ0n) is 11.2. The molecule has 0 radical (unpaired) electrons. The van der Waals surface area contributed by atoms with E-state index in [0.29, 0.717) is 5.92 Å². The lowest BCUT2D eigenvalue weighted by molar-refractivity contribution is 0.501. The molecular formula is C15H18N4. The summed E-state index contributed by atoms with van der Waals surface area (Å²) in [6.45, 7) is 4.15. The minimum Gasteiger partial charge on any atom is -0.355 e. The molecule has 0 aromatic carbocycles. The molecule has 1 saturated heterocycles. The molecule has 1 aliphatic heterocycles. The maximum atomic E-state index is 4.37. The van der Waals surface area contributed by atoms with Crippen LogP contribution in [0.3, 0.4) is 0 Å². The van der Waals surface area contributed by atoms with Crippen LogP contribution in [0.4, 0.5) is 5.82 Å². The highest BCUT2D eigenvalue weighted by atomic mass is 15.2. The second kappa shape index (κ2) is 5.34.